The molecular formula is C21H24N4O3S2. The van der Waals surface area contributed by atoms with Gasteiger partial charge in [-0.2, -0.15) is 0 Å². The van der Waals surface area contributed by atoms with Crippen molar-refractivity contribution >= 4 is 38.1 Å². The van der Waals surface area contributed by atoms with Crippen LogP contribution in [0.25, 0.3) is 0 Å². The highest BCUT2D eigenvalue weighted by molar-refractivity contribution is 7.92. The van der Waals surface area contributed by atoms with Crippen molar-refractivity contribution in [2.45, 2.75) is 38.0 Å². The lowest BCUT2D eigenvalue weighted by molar-refractivity contribution is 0.102. The number of aromatic nitrogens is 2. The summed E-state index contributed by atoms with van der Waals surface area (Å²) in [5, 5.41) is 12.0. The van der Waals surface area contributed by atoms with Gasteiger partial charge in [-0.15, -0.1) is 10.2 Å². The number of hydrogen-bond donors (Lipinski definition) is 1. The van der Waals surface area contributed by atoms with E-state index in [1.165, 1.54) is 27.8 Å². The summed E-state index contributed by atoms with van der Waals surface area (Å²) in [6.45, 7) is 4.14. The van der Waals surface area contributed by atoms with Gasteiger partial charge in [0.25, 0.3) is 15.9 Å². The molecule has 3 rings (SSSR count). The largest absolute Gasteiger partial charge is 0.296 e. The van der Waals surface area contributed by atoms with E-state index in [2.05, 4.69) is 22.4 Å². The zero-order valence-corrected chi connectivity index (χ0v) is 18.5. The zero-order valence-electron chi connectivity index (χ0n) is 16.9. The molecule has 0 atom stereocenters. The molecule has 0 fully saturated rings. The van der Waals surface area contributed by atoms with Crippen molar-refractivity contribution in [3.8, 4) is 0 Å². The lowest BCUT2D eigenvalue weighted by atomic mass is 10.2. The van der Waals surface area contributed by atoms with Crippen LogP contribution in [-0.2, 0) is 16.4 Å². The number of carbonyl (C=O) groups excluding carboxylic acids is 1. The lowest BCUT2D eigenvalue weighted by Crippen LogP contribution is -2.30. The molecule has 0 unspecified atom stereocenters. The van der Waals surface area contributed by atoms with Crippen LogP contribution in [0.1, 0.15) is 42.1 Å². The Morgan fingerprint density at radius 1 is 1.07 bits per heavy atom. The molecule has 158 valence electrons. The van der Waals surface area contributed by atoms with Gasteiger partial charge in [0.15, 0.2) is 0 Å². The van der Waals surface area contributed by atoms with E-state index < -0.39 is 15.9 Å². The fraction of sp³-hybridized carbons (Fsp3) is 0.286. The van der Waals surface area contributed by atoms with Gasteiger partial charge in [-0.3, -0.25) is 14.4 Å². The minimum Gasteiger partial charge on any atom is -0.296 e. The normalized spacial score (nSPS) is 11.3. The topological polar surface area (TPSA) is 92.3 Å². The fourth-order valence-corrected chi connectivity index (χ4v) is 5.21. The molecule has 0 aliphatic carbocycles. The molecule has 1 N–H and O–H groups in total. The molecule has 7 nitrogen and oxygen atoms in total. The summed E-state index contributed by atoms with van der Waals surface area (Å²) < 4.78 is 27.7. The lowest BCUT2D eigenvalue weighted by Gasteiger charge is -2.23. The number of anilines is 2. The second kappa shape index (κ2) is 9.82. The van der Waals surface area contributed by atoms with Gasteiger partial charge in [0.05, 0.1) is 10.6 Å². The van der Waals surface area contributed by atoms with E-state index in [0.29, 0.717) is 10.8 Å². The Morgan fingerprint density at radius 3 is 2.53 bits per heavy atom. The molecule has 3 aromatic rings. The Hall–Kier alpha value is -2.78. The van der Waals surface area contributed by atoms with E-state index in [-0.39, 0.29) is 17.0 Å². The number of aryl methyl sites for hydroxylation is 1. The third kappa shape index (κ3) is 5.03. The fourth-order valence-electron chi connectivity index (χ4n) is 2.91. The van der Waals surface area contributed by atoms with Gasteiger partial charge in [-0.05, 0) is 43.7 Å². The summed E-state index contributed by atoms with van der Waals surface area (Å²) >= 11 is 1.33. The smallest absolute Gasteiger partial charge is 0.264 e. The number of nitrogens with one attached hydrogen (secondary N) is 1. The van der Waals surface area contributed by atoms with E-state index in [9.17, 15) is 13.2 Å². The molecule has 0 aliphatic heterocycles. The maximum absolute atomic E-state index is 13.2. The first-order valence-electron chi connectivity index (χ1n) is 9.77. The summed E-state index contributed by atoms with van der Waals surface area (Å²) in [5.74, 6) is -0.423. The van der Waals surface area contributed by atoms with Gasteiger partial charge in [0.2, 0.25) is 5.13 Å². The van der Waals surface area contributed by atoms with E-state index in [1.54, 1.807) is 43.3 Å². The van der Waals surface area contributed by atoms with Crippen LogP contribution in [0.2, 0.25) is 0 Å². The maximum Gasteiger partial charge on any atom is 0.264 e. The molecule has 0 radical (unpaired) electrons. The van der Waals surface area contributed by atoms with Crippen molar-refractivity contribution in [3.63, 3.8) is 0 Å². The van der Waals surface area contributed by atoms with Crippen LogP contribution >= 0.6 is 11.3 Å². The number of benzene rings is 2. The number of sulfonamides is 1. The Labute approximate surface area is 180 Å². The van der Waals surface area contributed by atoms with Gasteiger partial charge in [0.1, 0.15) is 5.01 Å². The minimum absolute atomic E-state index is 0.0572. The first kappa shape index (κ1) is 21.9. The molecule has 0 saturated heterocycles. The molecule has 1 heterocycles. The van der Waals surface area contributed by atoms with E-state index >= 15 is 0 Å². The van der Waals surface area contributed by atoms with Gasteiger partial charge in [-0.25, -0.2) is 8.42 Å². The van der Waals surface area contributed by atoms with Crippen molar-refractivity contribution in [1.29, 1.82) is 0 Å². The van der Waals surface area contributed by atoms with Gasteiger partial charge in [0, 0.05) is 18.5 Å². The Balaban J connectivity index is 1.81. The van der Waals surface area contributed by atoms with Crippen LogP contribution in [-0.4, -0.2) is 31.1 Å². The molecule has 0 aliphatic rings. The third-order valence-corrected chi connectivity index (χ3v) is 7.24. The third-order valence-electron chi connectivity index (χ3n) is 4.45. The monoisotopic (exact) mass is 444 g/mol. The summed E-state index contributed by atoms with van der Waals surface area (Å²) in [6.07, 6.45) is 2.89. The molecule has 1 aromatic heterocycles. The van der Waals surface area contributed by atoms with Crippen LogP contribution in [0, 0.1) is 0 Å². The minimum atomic E-state index is -3.81. The summed E-state index contributed by atoms with van der Waals surface area (Å²) in [5.41, 5.74) is 0.814. The van der Waals surface area contributed by atoms with Crippen LogP contribution in [0.4, 0.5) is 10.8 Å². The molecule has 0 bridgehead atoms. The molecule has 2 aromatic carbocycles. The molecule has 1 amide bonds. The number of unbranched alkanes of at least 4 members (excludes halogenated alkanes) is 1. The van der Waals surface area contributed by atoms with E-state index in [0.717, 1.165) is 24.3 Å². The van der Waals surface area contributed by atoms with E-state index in [4.69, 9.17) is 0 Å². The number of para-hydroxylation sites is 1. The number of nitrogens with zero attached hydrogens (tertiary/aromatic N) is 3. The Morgan fingerprint density at radius 2 is 1.83 bits per heavy atom. The second-order valence-electron chi connectivity index (χ2n) is 6.59. The summed E-state index contributed by atoms with van der Waals surface area (Å²) in [7, 11) is -3.81. The molecule has 30 heavy (non-hydrogen) atoms. The predicted molar refractivity (Wildman–Crippen MR) is 120 cm³/mol. The second-order valence-corrected chi connectivity index (χ2v) is 9.52. The predicted octanol–water partition coefficient (Wildman–Crippen LogP) is 4.35. The average molecular weight is 445 g/mol. The first-order chi connectivity index (χ1) is 14.5. The van der Waals surface area contributed by atoms with Crippen LogP contribution < -0.4 is 9.62 Å². The van der Waals surface area contributed by atoms with Gasteiger partial charge >= 0.3 is 0 Å². The zero-order chi connectivity index (χ0) is 21.6. The highest BCUT2D eigenvalue weighted by Crippen LogP contribution is 2.24. The summed E-state index contributed by atoms with van der Waals surface area (Å²) in [6, 6.07) is 14.9. The van der Waals surface area contributed by atoms with Crippen molar-refractivity contribution < 1.29 is 13.2 Å². The van der Waals surface area contributed by atoms with Crippen LogP contribution in [0.3, 0.4) is 0 Å². The van der Waals surface area contributed by atoms with Crippen molar-refractivity contribution in [3.05, 3.63) is 65.2 Å². The molecule has 9 heteroatoms. The number of rotatable bonds is 9. The van der Waals surface area contributed by atoms with Crippen molar-refractivity contribution in [2.75, 3.05) is 16.2 Å². The highest BCUT2D eigenvalue weighted by atomic mass is 32.2. The van der Waals surface area contributed by atoms with Gasteiger partial charge in [-0.1, -0.05) is 48.9 Å². The van der Waals surface area contributed by atoms with Crippen molar-refractivity contribution in [2.24, 2.45) is 0 Å². The molecule has 0 saturated carbocycles. The number of amides is 1. The SMILES string of the molecule is CCCCc1nnc(NC(=O)c2cccc(S(=O)(=O)N(CC)c3ccccc3)c2)s1. The standard InChI is InChI=1S/C21H24N4O3S2/c1-3-5-14-19-23-24-21(29-19)22-20(26)16-10-9-13-18(15-16)30(27,28)25(4-2)17-11-7-6-8-12-17/h6-13,15H,3-5,14H2,1-2H3,(H,22,24,26). The highest BCUT2D eigenvalue weighted by Gasteiger charge is 2.24. The van der Waals surface area contributed by atoms with Gasteiger partial charge < -0.3 is 0 Å². The summed E-state index contributed by atoms with van der Waals surface area (Å²) in [4.78, 5) is 12.7. The number of hydrogen-bond acceptors (Lipinski definition) is 6. The quantitative estimate of drug-likeness (QED) is 0.530. The molecule has 0 spiro atoms. The Bertz CT molecular complexity index is 1100. The van der Waals surface area contributed by atoms with Crippen LogP contribution in [0.15, 0.2) is 59.5 Å². The average Bonchev–Trinajstić information content (AvgIpc) is 3.20. The van der Waals surface area contributed by atoms with Crippen LogP contribution in [0.5, 0.6) is 0 Å². The molecular weight excluding hydrogens is 420 g/mol. The van der Waals surface area contributed by atoms with Crippen molar-refractivity contribution in [1.82, 2.24) is 10.2 Å². The Kier molecular flexibility index (Phi) is 7.17. The maximum atomic E-state index is 13.2. The first-order valence-corrected chi connectivity index (χ1v) is 12.0. The number of carbonyl (C=O) groups is 1. The van der Waals surface area contributed by atoms with E-state index in [1.807, 2.05) is 6.07 Å².